The van der Waals surface area contributed by atoms with Crippen LogP contribution >= 0.6 is 0 Å². The number of allylic oxidation sites excluding steroid dienone is 4. The maximum absolute atomic E-state index is 10.9. The Balaban J connectivity index is 1.77. The molecule has 4 nitrogen and oxygen atoms in total. The molecule has 0 spiro atoms. The molecule has 0 aromatic carbocycles. The van der Waals surface area contributed by atoms with Gasteiger partial charge >= 0.3 is 6.09 Å². The second kappa shape index (κ2) is 3.54. The Hall–Kier alpha value is -1.45. The van der Waals surface area contributed by atoms with E-state index in [1.54, 1.807) is 0 Å². The van der Waals surface area contributed by atoms with Crippen LogP contribution in [0.5, 0.6) is 0 Å². The highest BCUT2D eigenvalue weighted by Gasteiger charge is 2.45. The summed E-state index contributed by atoms with van der Waals surface area (Å²) in [4.78, 5) is 12.4. The van der Waals surface area contributed by atoms with E-state index in [-0.39, 0.29) is 6.10 Å². The molecule has 3 rings (SSSR count). The molecule has 2 saturated heterocycles. The highest BCUT2D eigenvalue weighted by molar-refractivity contribution is 5.65. The maximum Gasteiger partial charge on any atom is 0.407 e. The molecule has 16 heavy (non-hydrogen) atoms. The molecule has 2 heterocycles. The molecular formula is C12H15NO3. The lowest BCUT2D eigenvalue weighted by molar-refractivity contribution is 0.0446. The molecule has 1 amide bonds. The van der Waals surface area contributed by atoms with Gasteiger partial charge in [0.15, 0.2) is 0 Å². The minimum absolute atomic E-state index is 0.0704. The van der Waals surface area contributed by atoms with Crippen LogP contribution in [-0.4, -0.2) is 35.3 Å². The van der Waals surface area contributed by atoms with E-state index in [1.165, 1.54) is 4.90 Å². The largest absolute Gasteiger partial charge is 0.492 e. The van der Waals surface area contributed by atoms with E-state index >= 15 is 0 Å². The first-order chi connectivity index (χ1) is 7.75. The Labute approximate surface area is 94.2 Å². The lowest BCUT2D eigenvalue weighted by atomic mass is 9.81. The van der Waals surface area contributed by atoms with Crippen LogP contribution < -0.4 is 0 Å². The fraction of sp³-hybridized carbons (Fsp3) is 0.583. The molecule has 0 bridgehead atoms. The van der Waals surface area contributed by atoms with Crippen molar-refractivity contribution in [1.29, 1.82) is 0 Å². The molecular weight excluding hydrogens is 206 g/mol. The van der Waals surface area contributed by atoms with Crippen LogP contribution in [0.2, 0.25) is 0 Å². The third-order valence-electron chi connectivity index (χ3n) is 3.84. The Morgan fingerprint density at radius 1 is 1.56 bits per heavy atom. The van der Waals surface area contributed by atoms with Crippen LogP contribution in [0.1, 0.15) is 12.8 Å². The van der Waals surface area contributed by atoms with Crippen LogP contribution in [0.4, 0.5) is 4.79 Å². The van der Waals surface area contributed by atoms with Crippen molar-refractivity contribution in [2.24, 2.45) is 11.8 Å². The topological polar surface area (TPSA) is 49.8 Å². The second-order valence-electron chi connectivity index (χ2n) is 4.68. The smallest absolute Gasteiger partial charge is 0.407 e. The van der Waals surface area contributed by atoms with Crippen LogP contribution in [-0.2, 0) is 4.74 Å². The molecule has 3 atom stereocenters. The van der Waals surface area contributed by atoms with Gasteiger partial charge in [-0.1, -0.05) is 12.2 Å². The quantitative estimate of drug-likeness (QED) is 0.679. The van der Waals surface area contributed by atoms with Gasteiger partial charge in [-0.2, -0.15) is 0 Å². The van der Waals surface area contributed by atoms with Crippen molar-refractivity contribution in [2.45, 2.75) is 18.9 Å². The normalized spacial score (nSPS) is 36.1. The van der Waals surface area contributed by atoms with Crippen LogP contribution in [0, 0.1) is 11.8 Å². The lowest BCUT2D eigenvalue weighted by Gasteiger charge is -2.33. The Morgan fingerprint density at radius 2 is 2.44 bits per heavy atom. The third kappa shape index (κ3) is 1.40. The molecule has 2 fully saturated rings. The number of fused-ring (bicyclic) bond motifs is 3. The van der Waals surface area contributed by atoms with Gasteiger partial charge in [0.2, 0.25) is 0 Å². The summed E-state index contributed by atoms with van der Waals surface area (Å²) in [7, 11) is 0. The van der Waals surface area contributed by atoms with Gasteiger partial charge < -0.3 is 14.7 Å². The summed E-state index contributed by atoms with van der Waals surface area (Å²) in [6.07, 6.45) is 7.43. The number of carboxylic acid groups (broad SMARTS) is 1. The fourth-order valence-corrected chi connectivity index (χ4v) is 3.01. The first-order valence-electron chi connectivity index (χ1n) is 5.77. The number of carbonyl (C=O) groups is 1. The van der Waals surface area contributed by atoms with Crippen molar-refractivity contribution < 1.29 is 14.6 Å². The predicted molar refractivity (Wildman–Crippen MR) is 57.9 cm³/mol. The maximum atomic E-state index is 10.9. The van der Waals surface area contributed by atoms with Gasteiger partial charge in [-0.05, 0) is 18.9 Å². The zero-order chi connectivity index (χ0) is 11.1. The molecule has 4 heteroatoms. The van der Waals surface area contributed by atoms with Crippen LogP contribution in [0.3, 0.4) is 0 Å². The average molecular weight is 221 g/mol. The van der Waals surface area contributed by atoms with Crippen molar-refractivity contribution >= 4 is 6.09 Å². The number of ether oxygens (including phenoxy) is 1. The SMILES string of the molecule is O=C(O)N1CCC2C(C1)OC1=CC=CCC12. The molecule has 1 N–H and O–H groups in total. The summed E-state index contributed by atoms with van der Waals surface area (Å²) in [6, 6.07) is 0. The van der Waals surface area contributed by atoms with E-state index < -0.39 is 6.09 Å². The molecule has 0 aromatic rings. The van der Waals surface area contributed by atoms with Gasteiger partial charge in [-0.25, -0.2) is 4.79 Å². The Morgan fingerprint density at radius 3 is 3.25 bits per heavy atom. The molecule has 0 radical (unpaired) electrons. The van der Waals surface area contributed by atoms with Gasteiger partial charge in [0.05, 0.1) is 6.54 Å². The van der Waals surface area contributed by atoms with Gasteiger partial charge in [0.1, 0.15) is 11.9 Å². The first-order valence-corrected chi connectivity index (χ1v) is 5.77. The molecule has 3 aliphatic rings. The minimum Gasteiger partial charge on any atom is -0.492 e. The summed E-state index contributed by atoms with van der Waals surface area (Å²) in [6.45, 7) is 1.17. The fourth-order valence-electron chi connectivity index (χ4n) is 3.01. The van der Waals surface area contributed by atoms with Gasteiger partial charge in [-0.3, -0.25) is 0 Å². The van der Waals surface area contributed by atoms with Crippen LogP contribution in [0.25, 0.3) is 0 Å². The lowest BCUT2D eigenvalue weighted by Crippen LogP contribution is -2.45. The van der Waals surface area contributed by atoms with Crippen molar-refractivity contribution in [3.63, 3.8) is 0 Å². The zero-order valence-electron chi connectivity index (χ0n) is 9.00. The average Bonchev–Trinajstić information content (AvgIpc) is 2.66. The number of hydrogen-bond acceptors (Lipinski definition) is 2. The van der Waals surface area contributed by atoms with E-state index in [0.717, 1.165) is 18.6 Å². The number of piperidine rings is 1. The predicted octanol–water partition coefficient (Wildman–Crippen LogP) is 1.85. The Bertz CT molecular complexity index is 374. The van der Waals surface area contributed by atoms with E-state index in [9.17, 15) is 4.79 Å². The van der Waals surface area contributed by atoms with Crippen molar-refractivity contribution in [1.82, 2.24) is 4.90 Å². The van der Waals surface area contributed by atoms with E-state index in [1.807, 2.05) is 12.2 Å². The number of hydrogen-bond donors (Lipinski definition) is 1. The molecule has 86 valence electrons. The van der Waals surface area contributed by atoms with Crippen molar-refractivity contribution in [3.8, 4) is 0 Å². The summed E-state index contributed by atoms with van der Waals surface area (Å²) in [5, 5.41) is 8.96. The molecule has 0 aromatic heterocycles. The summed E-state index contributed by atoms with van der Waals surface area (Å²) in [5.41, 5.74) is 0. The number of likely N-dealkylation sites (tertiary alicyclic amines) is 1. The first kappa shape index (κ1) is 9.75. The zero-order valence-corrected chi connectivity index (χ0v) is 9.00. The van der Waals surface area contributed by atoms with E-state index in [2.05, 4.69) is 6.08 Å². The summed E-state index contributed by atoms with van der Waals surface area (Å²) >= 11 is 0. The van der Waals surface area contributed by atoms with Gasteiger partial charge in [0, 0.05) is 18.4 Å². The van der Waals surface area contributed by atoms with E-state index in [0.29, 0.717) is 24.9 Å². The monoisotopic (exact) mass is 221 g/mol. The number of rotatable bonds is 0. The van der Waals surface area contributed by atoms with Gasteiger partial charge in [0.25, 0.3) is 0 Å². The molecule has 2 aliphatic heterocycles. The molecule has 0 saturated carbocycles. The standard InChI is InChI=1S/C12H15NO3/c14-12(15)13-6-5-9-8-3-1-2-4-10(8)16-11(9)7-13/h1-2,4,8-9,11H,3,5-7H2,(H,14,15). The van der Waals surface area contributed by atoms with Crippen molar-refractivity contribution in [3.05, 3.63) is 24.0 Å². The highest BCUT2D eigenvalue weighted by atomic mass is 16.5. The Kier molecular flexibility index (Phi) is 2.16. The molecule has 1 aliphatic carbocycles. The number of amides is 1. The number of nitrogens with zero attached hydrogens (tertiary/aromatic N) is 1. The minimum atomic E-state index is -0.830. The summed E-state index contributed by atoms with van der Waals surface area (Å²) < 4.78 is 5.85. The van der Waals surface area contributed by atoms with Crippen LogP contribution in [0.15, 0.2) is 24.0 Å². The highest BCUT2D eigenvalue weighted by Crippen LogP contribution is 2.43. The second-order valence-corrected chi connectivity index (χ2v) is 4.68. The van der Waals surface area contributed by atoms with E-state index in [4.69, 9.17) is 9.84 Å². The molecule has 3 unspecified atom stereocenters. The third-order valence-corrected chi connectivity index (χ3v) is 3.84. The summed E-state index contributed by atoms with van der Waals surface area (Å²) in [5.74, 6) is 2.06. The van der Waals surface area contributed by atoms with Gasteiger partial charge in [-0.15, -0.1) is 0 Å². The van der Waals surface area contributed by atoms with Crippen molar-refractivity contribution in [2.75, 3.05) is 13.1 Å².